The largest absolute Gasteiger partial charge is 0.493 e. The maximum Gasteiger partial charge on any atom is 0.234 e. The molecule has 1 amide bonds. The molecule has 0 aliphatic heterocycles. The third-order valence-electron chi connectivity index (χ3n) is 4.37. The number of nitrogens with one attached hydrogen (secondary N) is 1. The standard InChI is InChI=1S/C20H21Br2N5O4S/c1-10-5-12(21)17(13(22)6-10)24-16(28)9-32-20-26-25-19(27(20)23)11-7-14(29-2)18(31-4)15(8-11)30-3/h5-8H,9,23H2,1-4H3,(H,24,28). The molecule has 3 aromatic rings. The highest BCUT2D eigenvalue weighted by molar-refractivity contribution is 9.11. The molecule has 0 atom stereocenters. The van der Waals surface area contributed by atoms with Crippen LogP contribution in [0.3, 0.4) is 0 Å². The van der Waals surface area contributed by atoms with Crippen LogP contribution in [0.4, 0.5) is 5.69 Å². The van der Waals surface area contributed by atoms with Crippen LogP contribution in [0.2, 0.25) is 0 Å². The molecule has 0 bridgehead atoms. The molecule has 0 unspecified atom stereocenters. The smallest absolute Gasteiger partial charge is 0.234 e. The summed E-state index contributed by atoms with van der Waals surface area (Å²) in [6.07, 6.45) is 0. The minimum Gasteiger partial charge on any atom is -0.493 e. The lowest BCUT2D eigenvalue weighted by molar-refractivity contribution is -0.113. The van der Waals surface area contributed by atoms with Crippen LogP contribution in [-0.4, -0.2) is 47.9 Å². The highest BCUT2D eigenvalue weighted by atomic mass is 79.9. The van der Waals surface area contributed by atoms with Crippen molar-refractivity contribution >= 4 is 55.2 Å². The van der Waals surface area contributed by atoms with Crippen molar-refractivity contribution in [3.05, 3.63) is 38.8 Å². The predicted molar refractivity (Wildman–Crippen MR) is 131 cm³/mol. The van der Waals surface area contributed by atoms with Gasteiger partial charge in [-0.3, -0.25) is 4.79 Å². The second-order valence-electron chi connectivity index (χ2n) is 6.53. The van der Waals surface area contributed by atoms with Crippen LogP contribution in [0.5, 0.6) is 17.2 Å². The van der Waals surface area contributed by atoms with E-state index in [-0.39, 0.29) is 11.7 Å². The predicted octanol–water partition coefficient (Wildman–Crippen LogP) is 4.25. The first-order valence-electron chi connectivity index (χ1n) is 9.18. The van der Waals surface area contributed by atoms with Crippen molar-refractivity contribution in [3.8, 4) is 28.6 Å². The molecule has 32 heavy (non-hydrogen) atoms. The Morgan fingerprint density at radius 2 is 1.66 bits per heavy atom. The lowest BCUT2D eigenvalue weighted by Crippen LogP contribution is -2.17. The molecule has 0 aliphatic carbocycles. The first-order valence-corrected chi connectivity index (χ1v) is 11.7. The third-order valence-corrected chi connectivity index (χ3v) is 6.56. The zero-order valence-corrected chi connectivity index (χ0v) is 21.7. The van der Waals surface area contributed by atoms with Gasteiger partial charge in [-0.1, -0.05) is 11.8 Å². The fourth-order valence-electron chi connectivity index (χ4n) is 2.91. The number of nitrogens with zero attached hydrogens (tertiary/aromatic N) is 3. The number of nitrogen functional groups attached to an aromatic ring is 1. The van der Waals surface area contributed by atoms with Crippen LogP contribution in [0.1, 0.15) is 5.56 Å². The van der Waals surface area contributed by atoms with Gasteiger partial charge in [-0.05, 0) is 68.6 Å². The number of aromatic nitrogens is 3. The molecule has 170 valence electrons. The second kappa shape index (κ2) is 10.5. The monoisotopic (exact) mass is 585 g/mol. The van der Waals surface area contributed by atoms with Gasteiger partial charge in [0.25, 0.3) is 0 Å². The highest BCUT2D eigenvalue weighted by Crippen LogP contribution is 2.41. The number of carbonyl (C=O) groups is 1. The van der Waals surface area contributed by atoms with Crippen molar-refractivity contribution in [2.45, 2.75) is 12.1 Å². The van der Waals surface area contributed by atoms with Gasteiger partial charge in [0.05, 0.1) is 32.8 Å². The fraction of sp³-hybridized carbons (Fsp3) is 0.250. The van der Waals surface area contributed by atoms with Gasteiger partial charge in [-0.2, -0.15) is 0 Å². The number of amides is 1. The minimum absolute atomic E-state index is 0.0946. The molecular formula is C20H21Br2N5O4S. The number of aryl methyl sites for hydroxylation is 1. The van der Waals surface area contributed by atoms with Gasteiger partial charge < -0.3 is 25.4 Å². The highest BCUT2D eigenvalue weighted by Gasteiger charge is 2.19. The molecule has 0 aliphatic rings. The van der Waals surface area contributed by atoms with E-state index in [9.17, 15) is 4.79 Å². The molecule has 1 aromatic heterocycles. The molecule has 2 aromatic carbocycles. The lowest BCUT2D eigenvalue weighted by atomic mass is 10.1. The Labute approximate surface area is 206 Å². The first-order chi connectivity index (χ1) is 15.3. The summed E-state index contributed by atoms with van der Waals surface area (Å²) in [6, 6.07) is 7.30. The number of carbonyl (C=O) groups excluding carboxylic acids is 1. The van der Waals surface area contributed by atoms with Crippen LogP contribution >= 0.6 is 43.6 Å². The zero-order valence-electron chi connectivity index (χ0n) is 17.7. The van der Waals surface area contributed by atoms with E-state index < -0.39 is 0 Å². The average molecular weight is 587 g/mol. The molecule has 1 heterocycles. The Hall–Kier alpha value is -2.44. The molecule has 3 N–H and O–H groups in total. The Balaban J connectivity index is 1.77. The molecule has 0 fully saturated rings. The van der Waals surface area contributed by atoms with E-state index >= 15 is 0 Å². The Morgan fingerprint density at radius 1 is 1.06 bits per heavy atom. The first kappa shape index (κ1) is 24.2. The number of ether oxygens (including phenoxy) is 3. The van der Waals surface area contributed by atoms with Gasteiger partial charge in [0.1, 0.15) is 0 Å². The van der Waals surface area contributed by atoms with Crippen LogP contribution in [-0.2, 0) is 4.79 Å². The van der Waals surface area contributed by atoms with Gasteiger partial charge in [-0.25, -0.2) is 4.68 Å². The molecule has 3 rings (SSSR count). The molecule has 0 radical (unpaired) electrons. The Kier molecular flexibility index (Phi) is 7.91. The van der Waals surface area contributed by atoms with Crippen LogP contribution < -0.4 is 25.4 Å². The summed E-state index contributed by atoms with van der Waals surface area (Å²) in [6.45, 7) is 1.97. The number of nitrogens with two attached hydrogens (primary N) is 1. The van der Waals surface area contributed by atoms with Crippen molar-refractivity contribution in [2.24, 2.45) is 0 Å². The maximum absolute atomic E-state index is 12.5. The van der Waals surface area contributed by atoms with Gasteiger partial charge in [0.15, 0.2) is 17.3 Å². The number of rotatable bonds is 8. The molecule has 0 saturated carbocycles. The quantitative estimate of drug-likeness (QED) is 0.297. The number of hydrogen-bond donors (Lipinski definition) is 2. The normalized spacial score (nSPS) is 10.7. The lowest BCUT2D eigenvalue weighted by Gasteiger charge is -2.13. The Morgan fingerprint density at radius 3 is 2.19 bits per heavy atom. The van der Waals surface area contributed by atoms with Crippen LogP contribution in [0.15, 0.2) is 38.4 Å². The SMILES string of the molecule is COc1cc(-c2nnc(SCC(=O)Nc3c(Br)cc(C)cc3Br)n2N)cc(OC)c1OC. The van der Waals surface area contributed by atoms with E-state index in [1.54, 1.807) is 12.1 Å². The van der Waals surface area contributed by atoms with Crippen molar-refractivity contribution < 1.29 is 19.0 Å². The van der Waals surface area contributed by atoms with E-state index in [1.807, 2.05) is 19.1 Å². The fourth-order valence-corrected chi connectivity index (χ4v) is 5.18. The zero-order chi connectivity index (χ0) is 23.4. The number of methoxy groups -OCH3 is 3. The summed E-state index contributed by atoms with van der Waals surface area (Å²) < 4.78 is 19.0. The van der Waals surface area contributed by atoms with E-state index in [0.717, 1.165) is 14.5 Å². The van der Waals surface area contributed by atoms with Crippen LogP contribution in [0.25, 0.3) is 11.4 Å². The van der Waals surface area contributed by atoms with Gasteiger partial charge >= 0.3 is 0 Å². The topological polar surface area (TPSA) is 114 Å². The number of thioether (sulfide) groups is 1. The average Bonchev–Trinajstić information content (AvgIpc) is 3.13. The maximum atomic E-state index is 12.5. The van der Waals surface area contributed by atoms with Gasteiger partial charge in [0.2, 0.25) is 16.8 Å². The van der Waals surface area contributed by atoms with Gasteiger partial charge in [-0.15, -0.1) is 10.2 Å². The summed E-state index contributed by atoms with van der Waals surface area (Å²) in [5.41, 5.74) is 2.35. The van der Waals surface area contributed by atoms with Crippen molar-refractivity contribution in [1.82, 2.24) is 14.9 Å². The van der Waals surface area contributed by atoms with E-state index in [4.69, 9.17) is 20.1 Å². The van der Waals surface area contributed by atoms with Crippen molar-refractivity contribution in [1.29, 1.82) is 0 Å². The number of anilines is 1. The van der Waals surface area contributed by atoms with Crippen LogP contribution in [0, 0.1) is 6.92 Å². The third kappa shape index (κ3) is 5.13. The number of hydrogen-bond acceptors (Lipinski definition) is 8. The summed E-state index contributed by atoms with van der Waals surface area (Å²) in [5, 5.41) is 11.5. The molecule has 0 saturated heterocycles. The summed E-state index contributed by atoms with van der Waals surface area (Å²) in [4.78, 5) is 12.5. The summed E-state index contributed by atoms with van der Waals surface area (Å²) in [7, 11) is 4.58. The second-order valence-corrected chi connectivity index (χ2v) is 9.18. The molecular weight excluding hydrogens is 566 g/mol. The number of benzene rings is 2. The van der Waals surface area contributed by atoms with Crippen molar-refractivity contribution in [2.75, 3.05) is 38.2 Å². The summed E-state index contributed by atoms with van der Waals surface area (Å²) >= 11 is 8.11. The molecule has 9 nitrogen and oxygen atoms in total. The van der Waals surface area contributed by atoms with E-state index in [2.05, 4.69) is 47.4 Å². The minimum atomic E-state index is -0.211. The van der Waals surface area contributed by atoms with Crippen molar-refractivity contribution in [3.63, 3.8) is 0 Å². The molecule has 0 spiro atoms. The number of halogens is 2. The van der Waals surface area contributed by atoms with E-state index in [1.165, 1.54) is 37.8 Å². The Bertz CT molecular complexity index is 1110. The summed E-state index contributed by atoms with van der Waals surface area (Å²) in [5.74, 6) is 7.86. The molecule has 12 heteroatoms. The van der Waals surface area contributed by atoms with E-state index in [0.29, 0.717) is 39.5 Å². The van der Waals surface area contributed by atoms with Gasteiger partial charge in [0, 0.05) is 14.5 Å².